The fourth-order valence-corrected chi connectivity index (χ4v) is 1.71. The Labute approximate surface area is 100 Å². The first kappa shape index (κ1) is 11.5. The average molecular weight is 232 g/mol. The Morgan fingerprint density at radius 2 is 2.12 bits per heavy atom. The van der Waals surface area contributed by atoms with Gasteiger partial charge in [0.05, 0.1) is 5.69 Å². The fourth-order valence-electron chi connectivity index (χ4n) is 1.71. The molecule has 0 unspecified atom stereocenters. The zero-order valence-corrected chi connectivity index (χ0v) is 10.1. The Bertz CT molecular complexity index is 506. The molecule has 17 heavy (non-hydrogen) atoms. The molecule has 90 valence electrons. The third-order valence-electron chi connectivity index (χ3n) is 2.54. The van der Waals surface area contributed by atoms with Gasteiger partial charge in [0.2, 0.25) is 0 Å². The van der Waals surface area contributed by atoms with Crippen molar-refractivity contribution in [2.75, 3.05) is 0 Å². The monoisotopic (exact) mass is 232 g/mol. The number of para-hydroxylation sites is 2. The SMILES string of the molecule is CCn1cc(C)nc1COc1ccccc1O. The second-order valence-electron chi connectivity index (χ2n) is 3.84. The number of rotatable bonds is 4. The van der Waals surface area contributed by atoms with Crippen LogP contribution in [0.2, 0.25) is 0 Å². The number of hydrogen-bond donors (Lipinski definition) is 1. The highest BCUT2D eigenvalue weighted by Gasteiger charge is 2.06. The molecule has 4 nitrogen and oxygen atoms in total. The van der Waals surface area contributed by atoms with Crippen molar-refractivity contribution in [2.45, 2.75) is 27.0 Å². The van der Waals surface area contributed by atoms with E-state index in [1.807, 2.05) is 23.8 Å². The Hall–Kier alpha value is -1.97. The van der Waals surface area contributed by atoms with Crippen LogP contribution >= 0.6 is 0 Å². The number of hydrogen-bond acceptors (Lipinski definition) is 3. The highest BCUT2D eigenvalue weighted by molar-refractivity contribution is 5.37. The number of aromatic hydroxyl groups is 1. The van der Waals surface area contributed by atoms with Crippen LogP contribution in [-0.4, -0.2) is 14.7 Å². The maximum atomic E-state index is 9.57. The summed E-state index contributed by atoms with van der Waals surface area (Å²) in [6, 6.07) is 6.93. The lowest BCUT2D eigenvalue weighted by Crippen LogP contribution is -2.05. The van der Waals surface area contributed by atoms with E-state index < -0.39 is 0 Å². The summed E-state index contributed by atoms with van der Waals surface area (Å²) in [7, 11) is 0. The predicted octanol–water partition coefficient (Wildman–Crippen LogP) is 2.50. The maximum absolute atomic E-state index is 9.57. The van der Waals surface area contributed by atoms with Crippen LogP contribution in [0, 0.1) is 6.92 Å². The van der Waals surface area contributed by atoms with Crippen molar-refractivity contribution in [1.29, 1.82) is 0 Å². The molecule has 1 aromatic heterocycles. The van der Waals surface area contributed by atoms with Gasteiger partial charge in [-0.15, -0.1) is 0 Å². The second kappa shape index (κ2) is 4.91. The minimum Gasteiger partial charge on any atom is -0.504 e. The number of aromatic nitrogens is 2. The lowest BCUT2D eigenvalue weighted by atomic mass is 10.3. The van der Waals surface area contributed by atoms with Gasteiger partial charge in [-0.25, -0.2) is 4.98 Å². The van der Waals surface area contributed by atoms with E-state index in [1.54, 1.807) is 18.2 Å². The van der Waals surface area contributed by atoms with Crippen LogP contribution in [0.4, 0.5) is 0 Å². The van der Waals surface area contributed by atoms with Gasteiger partial charge in [-0.2, -0.15) is 0 Å². The molecule has 0 bridgehead atoms. The molecule has 0 aliphatic carbocycles. The van der Waals surface area contributed by atoms with Gasteiger partial charge in [0.1, 0.15) is 12.4 Å². The first-order valence-corrected chi connectivity index (χ1v) is 5.64. The Morgan fingerprint density at radius 3 is 2.82 bits per heavy atom. The summed E-state index contributed by atoms with van der Waals surface area (Å²) in [5.74, 6) is 1.50. The Morgan fingerprint density at radius 1 is 1.35 bits per heavy atom. The standard InChI is InChI=1S/C13H16N2O2/c1-3-15-8-10(2)14-13(15)9-17-12-7-5-4-6-11(12)16/h4-8,16H,3,9H2,1-2H3. The number of nitrogens with zero attached hydrogens (tertiary/aromatic N) is 2. The van der Waals surface area contributed by atoms with Gasteiger partial charge in [0.25, 0.3) is 0 Å². The van der Waals surface area contributed by atoms with Gasteiger partial charge < -0.3 is 14.4 Å². The zero-order chi connectivity index (χ0) is 12.3. The lowest BCUT2D eigenvalue weighted by Gasteiger charge is -2.08. The smallest absolute Gasteiger partial charge is 0.161 e. The third kappa shape index (κ3) is 2.58. The molecule has 2 rings (SSSR count). The number of phenols is 1. The summed E-state index contributed by atoms with van der Waals surface area (Å²) in [6.07, 6.45) is 1.99. The molecule has 0 atom stereocenters. The molecule has 0 aliphatic heterocycles. The Kier molecular flexibility index (Phi) is 3.32. The highest BCUT2D eigenvalue weighted by atomic mass is 16.5. The molecule has 1 heterocycles. The second-order valence-corrected chi connectivity index (χ2v) is 3.84. The van der Waals surface area contributed by atoms with E-state index in [4.69, 9.17) is 4.74 Å². The molecule has 0 amide bonds. The van der Waals surface area contributed by atoms with Crippen LogP contribution in [0.15, 0.2) is 30.5 Å². The molecule has 0 saturated heterocycles. The minimum absolute atomic E-state index is 0.152. The molecule has 0 spiro atoms. The van der Waals surface area contributed by atoms with Crippen molar-refractivity contribution < 1.29 is 9.84 Å². The molecular weight excluding hydrogens is 216 g/mol. The summed E-state index contributed by atoms with van der Waals surface area (Å²) < 4.78 is 7.58. The molecule has 2 aromatic rings. The van der Waals surface area contributed by atoms with Crippen molar-refractivity contribution >= 4 is 0 Å². The van der Waals surface area contributed by atoms with Gasteiger partial charge >= 0.3 is 0 Å². The zero-order valence-electron chi connectivity index (χ0n) is 10.1. The summed E-state index contributed by atoms with van der Waals surface area (Å²) in [5, 5.41) is 9.57. The van der Waals surface area contributed by atoms with E-state index in [2.05, 4.69) is 11.9 Å². The average Bonchev–Trinajstić information content (AvgIpc) is 2.69. The molecule has 0 radical (unpaired) electrons. The van der Waals surface area contributed by atoms with Gasteiger partial charge in [0.15, 0.2) is 11.5 Å². The molecule has 4 heteroatoms. The molecule has 0 saturated carbocycles. The van der Waals surface area contributed by atoms with Crippen molar-refractivity contribution in [1.82, 2.24) is 9.55 Å². The van der Waals surface area contributed by atoms with E-state index in [9.17, 15) is 5.11 Å². The van der Waals surface area contributed by atoms with Gasteiger partial charge in [-0.1, -0.05) is 12.1 Å². The van der Waals surface area contributed by atoms with Crippen LogP contribution in [0.1, 0.15) is 18.4 Å². The number of aryl methyl sites for hydroxylation is 2. The Balaban J connectivity index is 2.09. The van der Waals surface area contributed by atoms with E-state index >= 15 is 0 Å². The topological polar surface area (TPSA) is 47.3 Å². The van der Waals surface area contributed by atoms with Crippen molar-refractivity contribution in [2.24, 2.45) is 0 Å². The summed E-state index contributed by atoms with van der Waals surface area (Å²) in [4.78, 5) is 4.38. The van der Waals surface area contributed by atoms with Crippen LogP contribution in [-0.2, 0) is 13.2 Å². The van der Waals surface area contributed by atoms with Gasteiger partial charge in [-0.3, -0.25) is 0 Å². The van der Waals surface area contributed by atoms with Crippen LogP contribution < -0.4 is 4.74 Å². The number of imidazole rings is 1. The molecular formula is C13H16N2O2. The quantitative estimate of drug-likeness (QED) is 0.881. The van der Waals surface area contributed by atoms with Crippen molar-refractivity contribution in [3.8, 4) is 11.5 Å². The molecule has 1 aromatic carbocycles. The minimum atomic E-state index is 0.152. The molecule has 1 N–H and O–H groups in total. The molecule has 0 aliphatic rings. The van der Waals surface area contributed by atoms with Gasteiger partial charge in [-0.05, 0) is 26.0 Å². The summed E-state index contributed by atoms with van der Waals surface area (Å²) >= 11 is 0. The maximum Gasteiger partial charge on any atom is 0.161 e. The first-order valence-electron chi connectivity index (χ1n) is 5.64. The highest BCUT2D eigenvalue weighted by Crippen LogP contribution is 2.25. The summed E-state index contributed by atoms with van der Waals surface area (Å²) in [6.45, 7) is 5.24. The fraction of sp³-hybridized carbons (Fsp3) is 0.308. The normalized spacial score (nSPS) is 10.5. The molecule has 0 fully saturated rings. The summed E-state index contributed by atoms with van der Waals surface area (Å²) in [5.41, 5.74) is 0.975. The largest absolute Gasteiger partial charge is 0.504 e. The van der Waals surface area contributed by atoms with E-state index in [-0.39, 0.29) is 5.75 Å². The first-order chi connectivity index (χ1) is 8.20. The van der Waals surface area contributed by atoms with Crippen molar-refractivity contribution in [3.63, 3.8) is 0 Å². The van der Waals surface area contributed by atoms with Crippen LogP contribution in [0.25, 0.3) is 0 Å². The lowest BCUT2D eigenvalue weighted by molar-refractivity contribution is 0.275. The van der Waals surface area contributed by atoms with Gasteiger partial charge in [0, 0.05) is 12.7 Å². The van der Waals surface area contributed by atoms with E-state index in [0.29, 0.717) is 12.4 Å². The third-order valence-corrected chi connectivity index (χ3v) is 2.54. The van der Waals surface area contributed by atoms with Crippen molar-refractivity contribution in [3.05, 3.63) is 42.0 Å². The van der Waals surface area contributed by atoms with Crippen LogP contribution in [0.5, 0.6) is 11.5 Å². The predicted molar refractivity (Wildman–Crippen MR) is 65.1 cm³/mol. The van der Waals surface area contributed by atoms with E-state index in [0.717, 1.165) is 18.1 Å². The number of ether oxygens (including phenoxy) is 1. The van der Waals surface area contributed by atoms with E-state index in [1.165, 1.54) is 0 Å². The number of benzene rings is 1. The van der Waals surface area contributed by atoms with Crippen LogP contribution in [0.3, 0.4) is 0 Å². The number of phenolic OH excluding ortho intramolecular Hbond substituents is 1.